The summed E-state index contributed by atoms with van der Waals surface area (Å²) in [6, 6.07) is 5.10. The van der Waals surface area contributed by atoms with Crippen LogP contribution >= 0.6 is 11.6 Å². The van der Waals surface area contributed by atoms with Gasteiger partial charge < -0.3 is 15.2 Å². The lowest BCUT2D eigenvalue weighted by molar-refractivity contribution is -0.0510. The first-order chi connectivity index (χ1) is 8.86. The maximum atomic E-state index is 11.5. The van der Waals surface area contributed by atoms with Crippen molar-refractivity contribution >= 4 is 23.3 Å². The molecular weight excluding hydrogens is 266 g/mol. The molecule has 0 saturated heterocycles. The van der Waals surface area contributed by atoms with Gasteiger partial charge in [-0.15, -0.1) is 0 Å². The van der Waals surface area contributed by atoms with E-state index in [9.17, 15) is 9.90 Å². The molecule has 1 aliphatic carbocycles. The van der Waals surface area contributed by atoms with E-state index in [1.807, 2.05) is 13.8 Å². The molecular formula is C14H18ClNO3. The summed E-state index contributed by atoms with van der Waals surface area (Å²) in [4.78, 5) is 11.5. The summed E-state index contributed by atoms with van der Waals surface area (Å²) < 4.78 is 4.68. The first-order valence-electron chi connectivity index (χ1n) is 6.18. The van der Waals surface area contributed by atoms with E-state index in [0.717, 1.165) is 0 Å². The second-order valence-electron chi connectivity index (χ2n) is 5.46. The third-order valence-corrected chi connectivity index (χ3v) is 4.26. The minimum Gasteiger partial charge on any atom is -0.465 e. The number of hydrogen-bond acceptors (Lipinski definition) is 4. The van der Waals surface area contributed by atoms with Crippen molar-refractivity contribution in [2.24, 2.45) is 5.41 Å². The molecule has 1 aromatic rings. The number of carbonyl (C=O) groups excluding carboxylic acids is 1. The second-order valence-corrected chi connectivity index (χ2v) is 5.86. The highest BCUT2D eigenvalue weighted by Crippen LogP contribution is 2.43. The number of hydrogen-bond donors (Lipinski definition) is 2. The molecule has 1 fully saturated rings. The normalized spacial score (nSPS) is 24.5. The van der Waals surface area contributed by atoms with Gasteiger partial charge in [0.2, 0.25) is 0 Å². The van der Waals surface area contributed by atoms with Crippen molar-refractivity contribution in [1.82, 2.24) is 0 Å². The van der Waals surface area contributed by atoms with Crippen molar-refractivity contribution in [1.29, 1.82) is 0 Å². The smallest absolute Gasteiger partial charge is 0.337 e. The van der Waals surface area contributed by atoms with E-state index in [1.165, 1.54) is 7.11 Å². The van der Waals surface area contributed by atoms with Crippen LogP contribution in [-0.4, -0.2) is 30.3 Å². The van der Waals surface area contributed by atoms with Crippen LogP contribution in [0.4, 0.5) is 5.69 Å². The minimum absolute atomic E-state index is 0.132. The molecule has 2 atom stereocenters. The zero-order valence-corrected chi connectivity index (χ0v) is 12.0. The number of rotatable bonds is 3. The number of carbonyl (C=O) groups is 1. The molecule has 0 aliphatic heterocycles. The van der Waals surface area contributed by atoms with Gasteiger partial charge in [0, 0.05) is 11.5 Å². The number of methoxy groups -OCH3 is 1. The number of esters is 1. The van der Waals surface area contributed by atoms with Crippen LogP contribution in [0.1, 0.15) is 30.6 Å². The van der Waals surface area contributed by atoms with Gasteiger partial charge in [-0.05, 0) is 24.6 Å². The number of anilines is 1. The molecule has 2 unspecified atom stereocenters. The molecule has 0 bridgehead atoms. The highest BCUT2D eigenvalue weighted by atomic mass is 35.5. The zero-order chi connectivity index (χ0) is 14.2. The lowest BCUT2D eigenvalue weighted by Gasteiger charge is -2.50. The molecule has 0 heterocycles. The molecule has 2 N–H and O–H groups in total. The Hall–Kier alpha value is -1.26. The Kier molecular flexibility index (Phi) is 3.74. The number of aliphatic hydroxyl groups is 1. The third kappa shape index (κ3) is 2.55. The molecule has 0 aromatic heterocycles. The highest BCUT2D eigenvalue weighted by Gasteiger charge is 2.47. The van der Waals surface area contributed by atoms with Gasteiger partial charge >= 0.3 is 5.97 Å². The van der Waals surface area contributed by atoms with Crippen LogP contribution in [0.5, 0.6) is 0 Å². The molecule has 0 amide bonds. The van der Waals surface area contributed by atoms with Crippen LogP contribution in [0.2, 0.25) is 5.02 Å². The summed E-state index contributed by atoms with van der Waals surface area (Å²) >= 11 is 6.12. The molecule has 1 aliphatic rings. The third-order valence-electron chi connectivity index (χ3n) is 3.93. The number of nitrogens with one attached hydrogen (secondary N) is 1. The van der Waals surface area contributed by atoms with Crippen LogP contribution in [0, 0.1) is 5.41 Å². The fourth-order valence-electron chi connectivity index (χ4n) is 2.22. The summed E-state index contributed by atoms with van der Waals surface area (Å²) in [6.07, 6.45) is 0.360. The predicted octanol–water partition coefficient (Wildman–Crippen LogP) is 2.70. The van der Waals surface area contributed by atoms with Crippen molar-refractivity contribution in [3.05, 3.63) is 28.8 Å². The molecule has 1 saturated carbocycles. The average Bonchev–Trinajstić information content (AvgIpc) is 2.39. The summed E-state index contributed by atoms with van der Waals surface area (Å²) in [5.41, 5.74) is 0.937. The van der Waals surface area contributed by atoms with Crippen LogP contribution in [0.3, 0.4) is 0 Å². The van der Waals surface area contributed by atoms with Gasteiger partial charge in [0.1, 0.15) is 0 Å². The van der Waals surface area contributed by atoms with Crippen LogP contribution in [0.15, 0.2) is 18.2 Å². The van der Waals surface area contributed by atoms with Gasteiger partial charge in [-0.2, -0.15) is 0 Å². The van der Waals surface area contributed by atoms with E-state index in [4.69, 9.17) is 11.6 Å². The van der Waals surface area contributed by atoms with Crippen molar-refractivity contribution < 1.29 is 14.6 Å². The van der Waals surface area contributed by atoms with E-state index in [-0.39, 0.29) is 17.6 Å². The quantitative estimate of drug-likeness (QED) is 0.838. The molecule has 19 heavy (non-hydrogen) atoms. The van der Waals surface area contributed by atoms with Gasteiger partial charge in [0.05, 0.1) is 29.5 Å². The van der Waals surface area contributed by atoms with Crippen molar-refractivity contribution in [2.45, 2.75) is 32.4 Å². The van der Waals surface area contributed by atoms with Gasteiger partial charge in [0.15, 0.2) is 0 Å². The molecule has 104 valence electrons. The Labute approximate surface area is 117 Å². The zero-order valence-electron chi connectivity index (χ0n) is 11.2. The molecule has 5 heteroatoms. The van der Waals surface area contributed by atoms with E-state index in [2.05, 4.69) is 10.1 Å². The molecule has 0 radical (unpaired) electrons. The first kappa shape index (κ1) is 14.2. The highest BCUT2D eigenvalue weighted by molar-refractivity contribution is 6.33. The Morgan fingerprint density at radius 2 is 2.21 bits per heavy atom. The van der Waals surface area contributed by atoms with Crippen LogP contribution in [0.25, 0.3) is 0 Å². The second kappa shape index (κ2) is 5.02. The minimum atomic E-state index is -0.396. The van der Waals surface area contributed by atoms with Gasteiger partial charge in [-0.3, -0.25) is 0 Å². The Bertz CT molecular complexity index is 501. The Balaban J connectivity index is 2.19. The summed E-state index contributed by atoms with van der Waals surface area (Å²) in [5, 5.41) is 13.6. The van der Waals surface area contributed by atoms with Crippen molar-refractivity contribution in [3.63, 3.8) is 0 Å². The fourth-order valence-corrected chi connectivity index (χ4v) is 2.39. The van der Waals surface area contributed by atoms with Crippen molar-refractivity contribution in [3.8, 4) is 0 Å². The van der Waals surface area contributed by atoms with Crippen molar-refractivity contribution in [2.75, 3.05) is 12.4 Å². The molecule has 4 nitrogen and oxygen atoms in total. The monoisotopic (exact) mass is 283 g/mol. The SMILES string of the molecule is COC(=O)c1ccc(Cl)c(NC2CC(O)C2(C)C)c1. The van der Waals surface area contributed by atoms with E-state index >= 15 is 0 Å². The van der Waals surface area contributed by atoms with Gasteiger partial charge in [0.25, 0.3) is 0 Å². The number of ether oxygens (including phenoxy) is 1. The average molecular weight is 284 g/mol. The molecule has 1 aromatic carbocycles. The van der Waals surface area contributed by atoms with E-state index in [0.29, 0.717) is 22.7 Å². The number of aliphatic hydroxyl groups excluding tert-OH is 1. The topological polar surface area (TPSA) is 58.6 Å². The number of benzene rings is 1. The lowest BCUT2D eigenvalue weighted by atomic mass is 9.64. The molecule has 2 rings (SSSR count). The van der Waals surface area contributed by atoms with Crippen LogP contribution < -0.4 is 5.32 Å². The standard InChI is InChI=1S/C14H18ClNO3/c1-14(2)11(7-12(14)17)16-10-6-8(13(18)19-3)4-5-9(10)15/h4-6,11-12,16-17H,7H2,1-3H3. The summed E-state index contributed by atoms with van der Waals surface area (Å²) in [5.74, 6) is -0.396. The first-order valence-corrected chi connectivity index (χ1v) is 6.56. The maximum absolute atomic E-state index is 11.5. The number of halogens is 1. The van der Waals surface area contributed by atoms with E-state index < -0.39 is 5.97 Å². The van der Waals surface area contributed by atoms with Gasteiger partial charge in [-0.25, -0.2) is 4.79 Å². The summed E-state index contributed by atoms with van der Waals surface area (Å²) in [6.45, 7) is 3.99. The Morgan fingerprint density at radius 1 is 1.53 bits per heavy atom. The largest absolute Gasteiger partial charge is 0.465 e. The molecule has 0 spiro atoms. The van der Waals surface area contributed by atoms with Crippen LogP contribution in [-0.2, 0) is 4.74 Å². The lowest BCUT2D eigenvalue weighted by Crippen LogP contribution is -2.56. The Morgan fingerprint density at radius 3 is 2.74 bits per heavy atom. The predicted molar refractivity (Wildman–Crippen MR) is 74.6 cm³/mol. The fraction of sp³-hybridized carbons (Fsp3) is 0.500. The summed E-state index contributed by atoms with van der Waals surface area (Å²) in [7, 11) is 1.34. The maximum Gasteiger partial charge on any atom is 0.337 e. The van der Waals surface area contributed by atoms with E-state index in [1.54, 1.807) is 18.2 Å². The van der Waals surface area contributed by atoms with Gasteiger partial charge in [-0.1, -0.05) is 25.4 Å².